The second-order valence-electron chi connectivity index (χ2n) is 4.86. The third-order valence-electron chi connectivity index (χ3n) is 3.24. The molecular weight excluding hydrogens is 282 g/mol. The fraction of sp³-hybridized carbons (Fsp3) is 0.0952. The molecule has 110 valence electrons. The Morgan fingerprint density at radius 1 is 0.913 bits per heavy atom. The van der Waals surface area contributed by atoms with Crippen LogP contribution >= 0.6 is 0 Å². The maximum atomic E-state index is 5.98. The van der Waals surface area contributed by atoms with E-state index < -0.39 is 6.10 Å². The standard InChI is InChI=1S/C21H15NO/c1-2-8-19(15-14-17-9-4-3-5-10-17)23-20-13-6-11-18-12-7-16-22-21(18)20/h3-7,9-13,16,19H,1H3. The highest BCUT2D eigenvalue weighted by molar-refractivity contribution is 5.84. The maximum absolute atomic E-state index is 5.98. The molecule has 0 saturated carbocycles. The van der Waals surface area contributed by atoms with Gasteiger partial charge in [-0.3, -0.25) is 4.98 Å². The Kier molecular flexibility index (Phi) is 4.58. The second kappa shape index (κ2) is 7.16. The van der Waals surface area contributed by atoms with Gasteiger partial charge in [0.25, 0.3) is 0 Å². The highest BCUT2D eigenvalue weighted by Crippen LogP contribution is 2.23. The predicted molar refractivity (Wildman–Crippen MR) is 92.9 cm³/mol. The second-order valence-corrected chi connectivity index (χ2v) is 4.86. The zero-order valence-electron chi connectivity index (χ0n) is 12.8. The molecule has 2 heteroatoms. The summed E-state index contributed by atoms with van der Waals surface area (Å²) in [7, 11) is 0. The smallest absolute Gasteiger partial charge is 0.220 e. The van der Waals surface area contributed by atoms with Gasteiger partial charge in [0.05, 0.1) is 0 Å². The largest absolute Gasteiger partial charge is 0.464 e. The first-order valence-corrected chi connectivity index (χ1v) is 7.36. The number of para-hydroxylation sites is 1. The van der Waals surface area contributed by atoms with Gasteiger partial charge in [-0.2, -0.15) is 0 Å². The average Bonchev–Trinajstić information content (AvgIpc) is 2.61. The summed E-state index contributed by atoms with van der Waals surface area (Å²) in [5.74, 6) is 12.7. The third-order valence-corrected chi connectivity index (χ3v) is 3.24. The lowest BCUT2D eigenvalue weighted by atomic mass is 10.2. The molecule has 1 aromatic heterocycles. The van der Waals surface area contributed by atoms with Crippen molar-refractivity contribution in [2.24, 2.45) is 0 Å². The fourth-order valence-electron chi connectivity index (χ4n) is 2.19. The molecular formula is C21H15NO. The molecule has 23 heavy (non-hydrogen) atoms. The molecule has 0 fully saturated rings. The van der Waals surface area contributed by atoms with Crippen LogP contribution in [0.4, 0.5) is 0 Å². The van der Waals surface area contributed by atoms with Crippen LogP contribution in [0.1, 0.15) is 12.5 Å². The van der Waals surface area contributed by atoms with Crippen LogP contribution in [0.3, 0.4) is 0 Å². The van der Waals surface area contributed by atoms with Crippen molar-refractivity contribution in [3.63, 3.8) is 0 Å². The molecule has 0 spiro atoms. The minimum Gasteiger partial charge on any atom is -0.464 e. The van der Waals surface area contributed by atoms with Gasteiger partial charge in [0.1, 0.15) is 11.3 Å². The van der Waals surface area contributed by atoms with E-state index in [4.69, 9.17) is 4.74 Å². The van der Waals surface area contributed by atoms with Crippen LogP contribution in [0.5, 0.6) is 5.75 Å². The van der Waals surface area contributed by atoms with Crippen molar-refractivity contribution in [2.75, 3.05) is 0 Å². The highest BCUT2D eigenvalue weighted by atomic mass is 16.5. The minimum atomic E-state index is -0.493. The van der Waals surface area contributed by atoms with Crippen LogP contribution in [0.15, 0.2) is 66.9 Å². The van der Waals surface area contributed by atoms with Gasteiger partial charge in [0.2, 0.25) is 6.10 Å². The first-order chi connectivity index (χ1) is 11.4. The lowest BCUT2D eigenvalue weighted by Gasteiger charge is -2.10. The third kappa shape index (κ3) is 3.70. The summed E-state index contributed by atoms with van der Waals surface area (Å²) in [4.78, 5) is 4.39. The van der Waals surface area contributed by atoms with Gasteiger partial charge in [-0.05, 0) is 43.0 Å². The molecule has 0 saturated heterocycles. The van der Waals surface area contributed by atoms with Crippen molar-refractivity contribution in [3.05, 3.63) is 72.4 Å². The van der Waals surface area contributed by atoms with E-state index in [2.05, 4.69) is 28.7 Å². The molecule has 0 radical (unpaired) electrons. The molecule has 2 nitrogen and oxygen atoms in total. The SMILES string of the molecule is CC#CC(C#Cc1ccccc1)Oc1cccc2cccnc12. The fourth-order valence-corrected chi connectivity index (χ4v) is 2.19. The monoisotopic (exact) mass is 297 g/mol. The summed E-state index contributed by atoms with van der Waals surface area (Å²) < 4.78 is 5.98. The number of hydrogen-bond donors (Lipinski definition) is 0. The van der Waals surface area contributed by atoms with Crippen molar-refractivity contribution in [1.29, 1.82) is 0 Å². The van der Waals surface area contributed by atoms with Crippen molar-refractivity contribution in [3.8, 4) is 29.4 Å². The van der Waals surface area contributed by atoms with E-state index in [-0.39, 0.29) is 0 Å². The van der Waals surface area contributed by atoms with E-state index >= 15 is 0 Å². The van der Waals surface area contributed by atoms with Gasteiger partial charge in [0.15, 0.2) is 0 Å². The number of aromatic nitrogens is 1. The molecule has 0 aliphatic carbocycles. The van der Waals surface area contributed by atoms with Gasteiger partial charge in [-0.15, -0.1) is 5.92 Å². The van der Waals surface area contributed by atoms with Crippen molar-refractivity contribution in [1.82, 2.24) is 4.98 Å². The van der Waals surface area contributed by atoms with Crippen molar-refractivity contribution in [2.45, 2.75) is 13.0 Å². The number of nitrogens with zero attached hydrogens (tertiary/aromatic N) is 1. The number of ether oxygens (including phenoxy) is 1. The molecule has 1 heterocycles. The Hall–Kier alpha value is -3.23. The van der Waals surface area contributed by atoms with E-state index in [1.54, 1.807) is 13.1 Å². The van der Waals surface area contributed by atoms with Crippen LogP contribution in [-0.4, -0.2) is 11.1 Å². The van der Waals surface area contributed by atoms with Crippen LogP contribution < -0.4 is 4.74 Å². The summed E-state index contributed by atoms with van der Waals surface area (Å²) in [6.07, 6.45) is 1.26. The molecule has 0 amide bonds. The summed E-state index contributed by atoms with van der Waals surface area (Å²) in [5, 5.41) is 1.03. The number of fused-ring (bicyclic) bond motifs is 1. The van der Waals surface area contributed by atoms with Gasteiger partial charge < -0.3 is 4.74 Å². The maximum Gasteiger partial charge on any atom is 0.220 e. The number of rotatable bonds is 2. The number of pyridine rings is 1. The molecule has 1 unspecified atom stereocenters. The summed E-state index contributed by atoms with van der Waals surface area (Å²) in [6.45, 7) is 1.78. The summed E-state index contributed by atoms with van der Waals surface area (Å²) in [6, 6.07) is 19.6. The van der Waals surface area contributed by atoms with Gasteiger partial charge >= 0.3 is 0 Å². The Balaban J connectivity index is 1.90. The van der Waals surface area contributed by atoms with E-state index in [0.717, 1.165) is 16.5 Å². The molecule has 1 atom stereocenters. The zero-order chi connectivity index (χ0) is 15.9. The van der Waals surface area contributed by atoms with Crippen LogP contribution in [0, 0.1) is 23.7 Å². The predicted octanol–water partition coefficient (Wildman–Crippen LogP) is 4.06. The molecule has 0 bridgehead atoms. The van der Waals surface area contributed by atoms with Gasteiger partial charge in [-0.1, -0.05) is 42.3 Å². The molecule has 3 aromatic rings. The topological polar surface area (TPSA) is 22.1 Å². The number of hydrogen-bond acceptors (Lipinski definition) is 2. The van der Waals surface area contributed by atoms with Crippen LogP contribution in [0.25, 0.3) is 10.9 Å². The minimum absolute atomic E-state index is 0.493. The highest BCUT2D eigenvalue weighted by Gasteiger charge is 2.07. The van der Waals surface area contributed by atoms with Crippen molar-refractivity contribution >= 4 is 10.9 Å². The van der Waals surface area contributed by atoms with E-state index in [1.165, 1.54) is 0 Å². The van der Waals surface area contributed by atoms with Crippen molar-refractivity contribution < 1.29 is 4.74 Å². The van der Waals surface area contributed by atoms with E-state index in [9.17, 15) is 0 Å². The Morgan fingerprint density at radius 2 is 1.74 bits per heavy atom. The number of benzene rings is 2. The molecule has 3 rings (SSSR count). The lowest BCUT2D eigenvalue weighted by molar-refractivity contribution is 0.316. The summed E-state index contributed by atoms with van der Waals surface area (Å²) in [5.41, 5.74) is 1.76. The lowest BCUT2D eigenvalue weighted by Crippen LogP contribution is -2.12. The van der Waals surface area contributed by atoms with Gasteiger partial charge in [0, 0.05) is 17.1 Å². The Bertz CT molecular complexity index is 918. The zero-order valence-corrected chi connectivity index (χ0v) is 12.8. The summed E-state index contributed by atoms with van der Waals surface area (Å²) >= 11 is 0. The normalized spacial score (nSPS) is 10.8. The molecule has 0 aliphatic heterocycles. The van der Waals surface area contributed by atoms with Crippen LogP contribution in [0.2, 0.25) is 0 Å². The Morgan fingerprint density at radius 3 is 2.57 bits per heavy atom. The van der Waals surface area contributed by atoms with E-state index in [0.29, 0.717) is 5.75 Å². The Labute approximate surface area is 136 Å². The molecule has 2 aromatic carbocycles. The van der Waals surface area contributed by atoms with E-state index in [1.807, 2.05) is 60.7 Å². The quantitative estimate of drug-likeness (QED) is 0.666. The molecule has 0 aliphatic rings. The van der Waals surface area contributed by atoms with Gasteiger partial charge in [-0.25, -0.2) is 0 Å². The first-order valence-electron chi connectivity index (χ1n) is 7.36. The first kappa shape index (κ1) is 14.7. The molecule has 0 N–H and O–H groups in total. The van der Waals surface area contributed by atoms with Crippen LogP contribution in [-0.2, 0) is 0 Å². The average molecular weight is 297 g/mol.